The van der Waals surface area contributed by atoms with Crippen LogP contribution in [0.1, 0.15) is 36.0 Å². The van der Waals surface area contributed by atoms with Crippen molar-refractivity contribution in [3.05, 3.63) is 35.7 Å². The molecule has 1 saturated heterocycles. The van der Waals surface area contributed by atoms with Gasteiger partial charge in [-0.05, 0) is 30.9 Å². The predicted molar refractivity (Wildman–Crippen MR) is 94.3 cm³/mol. The van der Waals surface area contributed by atoms with Crippen molar-refractivity contribution in [1.82, 2.24) is 15.0 Å². The molecule has 1 aromatic carbocycles. The number of hydrogen-bond acceptors (Lipinski definition) is 5. The van der Waals surface area contributed by atoms with E-state index >= 15 is 0 Å². The smallest absolute Gasteiger partial charge is 0.334 e. The molecule has 1 amide bonds. The molecular weight excluding hydrogens is 385 g/mol. The highest BCUT2D eigenvalue weighted by Gasteiger charge is 2.38. The fraction of sp³-hybridized carbons (Fsp3) is 0.471. The maximum absolute atomic E-state index is 12.7. The van der Waals surface area contributed by atoms with E-state index in [0.29, 0.717) is 30.1 Å². The summed E-state index contributed by atoms with van der Waals surface area (Å²) >= 11 is 0. The highest BCUT2D eigenvalue weighted by molar-refractivity contribution is 5.95. The normalized spacial score (nSPS) is 20.3. The molecule has 10 heteroatoms. The average molecular weight is 405 g/mol. The zero-order chi connectivity index (χ0) is 18.9. The lowest BCUT2D eigenvalue weighted by Crippen LogP contribution is -2.49. The van der Waals surface area contributed by atoms with Crippen LogP contribution in [0.15, 0.2) is 28.8 Å². The number of hydrogen-bond donors (Lipinski definition) is 1. The summed E-state index contributed by atoms with van der Waals surface area (Å²) in [5.41, 5.74) is 6.58. The number of carbonyl (C=O) groups is 1. The molecule has 2 N–H and O–H groups in total. The molecule has 0 spiro atoms. The van der Waals surface area contributed by atoms with Gasteiger partial charge in [-0.25, -0.2) is 0 Å². The van der Waals surface area contributed by atoms with Crippen molar-refractivity contribution in [2.75, 3.05) is 13.1 Å². The minimum Gasteiger partial charge on any atom is -0.334 e. The van der Waals surface area contributed by atoms with E-state index in [1.54, 1.807) is 17.0 Å². The highest BCUT2D eigenvalue weighted by Crippen LogP contribution is 2.29. The lowest BCUT2D eigenvalue weighted by molar-refractivity contribution is -0.159. The fourth-order valence-corrected chi connectivity index (χ4v) is 3.13. The molecule has 1 fully saturated rings. The minimum atomic E-state index is -4.69. The number of nitrogens with zero attached hydrogens (tertiary/aromatic N) is 3. The van der Waals surface area contributed by atoms with Crippen molar-refractivity contribution in [2.45, 2.75) is 32.0 Å². The molecule has 3 rings (SSSR count). The van der Waals surface area contributed by atoms with E-state index in [0.717, 1.165) is 12.8 Å². The van der Waals surface area contributed by atoms with Crippen LogP contribution in [-0.2, 0) is 6.18 Å². The number of piperidine rings is 1. The quantitative estimate of drug-likeness (QED) is 0.847. The molecule has 2 heterocycles. The lowest BCUT2D eigenvalue weighted by Gasteiger charge is -2.38. The molecule has 0 aliphatic carbocycles. The molecule has 2 aromatic rings. The Morgan fingerprint density at radius 2 is 2.00 bits per heavy atom. The molecule has 0 bridgehead atoms. The first-order chi connectivity index (χ1) is 12.3. The average Bonchev–Trinajstić information content (AvgIpc) is 3.11. The van der Waals surface area contributed by atoms with E-state index in [4.69, 9.17) is 5.73 Å². The zero-order valence-electron chi connectivity index (χ0n) is 14.6. The Morgan fingerprint density at radius 3 is 2.56 bits per heavy atom. The second kappa shape index (κ2) is 8.26. The van der Waals surface area contributed by atoms with Crippen molar-refractivity contribution < 1.29 is 22.5 Å². The Labute approximate surface area is 160 Å². The van der Waals surface area contributed by atoms with Gasteiger partial charge in [-0.15, -0.1) is 12.4 Å². The number of nitrogens with two attached hydrogens (primary N) is 1. The van der Waals surface area contributed by atoms with Gasteiger partial charge in [-0.2, -0.15) is 18.2 Å². The Balaban J connectivity index is 0.00000261. The van der Waals surface area contributed by atoms with Crippen LogP contribution < -0.4 is 5.73 Å². The van der Waals surface area contributed by atoms with Crippen LogP contribution in [0.4, 0.5) is 13.2 Å². The van der Waals surface area contributed by atoms with Crippen LogP contribution in [0.2, 0.25) is 0 Å². The third-order valence-corrected chi connectivity index (χ3v) is 4.57. The maximum atomic E-state index is 12.7. The van der Waals surface area contributed by atoms with E-state index in [1.165, 1.54) is 12.1 Å². The molecule has 27 heavy (non-hydrogen) atoms. The van der Waals surface area contributed by atoms with E-state index in [1.807, 2.05) is 0 Å². The summed E-state index contributed by atoms with van der Waals surface area (Å²) in [6, 6.07) is 6.10. The number of aromatic nitrogens is 2. The first kappa shape index (κ1) is 21.2. The van der Waals surface area contributed by atoms with Gasteiger partial charge in [0.05, 0.1) is 0 Å². The second-order valence-corrected chi connectivity index (χ2v) is 6.52. The Hall–Kier alpha value is -2.13. The molecule has 0 radical (unpaired) electrons. The standard InChI is InChI=1S/C17H19F3N4O2.ClH/c1-10-6-7-24(13(8-10)9-21)15(25)12-4-2-11(3-5-12)14-22-16(26-23-14)17(18,19)20;/h2-5,10,13H,6-9,21H2,1H3;1H. The number of alkyl halides is 3. The SMILES string of the molecule is CC1CCN(C(=O)c2ccc(-c3noc(C(F)(F)F)n3)cc2)C(CN)C1.Cl. The summed E-state index contributed by atoms with van der Waals surface area (Å²) in [7, 11) is 0. The molecule has 6 nitrogen and oxygen atoms in total. The van der Waals surface area contributed by atoms with Crippen molar-refractivity contribution in [1.29, 1.82) is 0 Å². The van der Waals surface area contributed by atoms with Crippen molar-refractivity contribution in [3.63, 3.8) is 0 Å². The number of rotatable bonds is 3. The fourth-order valence-electron chi connectivity index (χ4n) is 3.13. The van der Waals surface area contributed by atoms with Crippen LogP contribution in [-0.4, -0.2) is 40.1 Å². The number of likely N-dealkylation sites (tertiary alicyclic amines) is 1. The van der Waals surface area contributed by atoms with Crippen LogP contribution in [0.3, 0.4) is 0 Å². The molecule has 1 aliphatic heterocycles. The Bertz CT molecular complexity index is 779. The van der Waals surface area contributed by atoms with Gasteiger partial charge in [0.1, 0.15) is 0 Å². The van der Waals surface area contributed by atoms with Crippen LogP contribution in [0.25, 0.3) is 11.4 Å². The van der Waals surface area contributed by atoms with Gasteiger partial charge >= 0.3 is 12.1 Å². The molecule has 2 unspecified atom stereocenters. The van der Waals surface area contributed by atoms with Gasteiger partial charge in [-0.3, -0.25) is 4.79 Å². The van der Waals surface area contributed by atoms with E-state index < -0.39 is 12.1 Å². The minimum absolute atomic E-state index is 0. The van der Waals surface area contributed by atoms with Crippen LogP contribution in [0, 0.1) is 5.92 Å². The summed E-state index contributed by atoms with van der Waals surface area (Å²) in [6.45, 7) is 3.18. The molecule has 0 saturated carbocycles. The predicted octanol–water partition coefficient (Wildman–Crippen LogP) is 3.38. The first-order valence-corrected chi connectivity index (χ1v) is 8.32. The van der Waals surface area contributed by atoms with E-state index in [9.17, 15) is 18.0 Å². The van der Waals surface area contributed by atoms with E-state index in [2.05, 4.69) is 21.6 Å². The van der Waals surface area contributed by atoms with Gasteiger partial charge in [0, 0.05) is 30.3 Å². The summed E-state index contributed by atoms with van der Waals surface area (Å²) in [5, 5.41) is 3.33. The summed E-state index contributed by atoms with van der Waals surface area (Å²) in [6.07, 6.45) is -2.91. The largest absolute Gasteiger partial charge is 0.471 e. The van der Waals surface area contributed by atoms with Crippen LogP contribution >= 0.6 is 12.4 Å². The van der Waals surface area contributed by atoms with Gasteiger partial charge in [0.2, 0.25) is 5.82 Å². The third kappa shape index (κ3) is 4.59. The summed E-state index contributed by atoms with van der Waals surface area (Å²) in [5.74, 6) is -1.19. The molecule has 148 valence electrons. The molecule has 2 atom stereocenters. The summed E-state index contributed by atoms with van der Waals surface area (Å²) in [4.78, 5) is 17.8. The second-order valence-electron chi connectivity index (χ2n) is 6.52. The zero-order valence-corrected chi connectivity index (χ0v) is 15.4. The highest BCUT2D eigenvalue weighted by atomic mass is 35.5. The Kier molecular flexibility index (Phi) is 6.48. The van der Waals surface area contributed by atoms with Crippen molar-refractivity contribution in [3.8, 4) is 11.4 Å². The maximum Gasteiger partial charge on any atom is 0.471 e. The van der Waals surface area contributed by atoms with Gasteiger partial charge in [0.15, 0.2) is 0 Å². The molecule has 1 aromatic heterocycles. The molecule has 1 aliphatic rings. The topological polar surface area (TPSA) is 85.2 Å². The van der Waals surface area contributed by atoms with E-state index in [-0.39, 0.29) is 30.2 Å². The van der Waals surface area contributed by atoms with Gasteiger partial charge < -0.3 is 15.2 Å². The van der Waals surface area contributed by atoms with Crippen LogP contribution in [0.5, 0.6) is 0 Å². The third-order valence-electron chi connectivity index (χ3n) is 4.57. The number of amides is 1. The number of halogens is 4. The first-order valence-electron chi connectivity index (χ1n) is 8.32. The molecular formula is C17H20ClF3N4O2. The number of benzene rings is 1. The van der Waals surface area contributed by atoms with Gasteiger partial charge in [-0.1, -0.05) is 24.2 Å². The van der Waals surface area contributed by atoms with Gasteiger partial charge in [0.25, 0.3) is 5.91 Å². The number of carbonyl (C=O) groups excluding carboxylic acids is 1. The van der Waals surface area contributed by atoms with Crippen molar-refractivity contribution >= 4 is 18.3 Å². The van der Waals surface area contributed by atoms with Crippen molar-refractivity contribution in [2.24, 2.45) is 11.7 Å². The monoisotopic (exact) mass is 404 g/mol. The Morgan fingerprint density at radius 1 is 1.33 bits per heavy atom. The summed E-state index contributed by atoms with van der Waals surface area (Å²) < 4.78 is 41.8. The lowest BCUT2D eigenvalue weighted by atomic mass is 9.92.